The third kappa shape index (κ3) is 2.73. The molecule has 1 N–H and O–H groups in total. The summed E-state index contributed by atoms with van der Waals surface area (Å²) in [7, 11) is 3.47. The summed E-state index contributed by atoms with van der Waals surface area (Å²) in [5.41, 5.74) is 0. The number of halogens is 1. The van der Waals surface area contributed by atoms with Crippen LogP contribution in [-0.2, 0) is 0 Å². The molecule has 2 heterocycles. The van der Waals surface area contributed by atoms with E-state index in [-0.39, 0.29) is 11.9 Å². The van der Waals surface area contributed by atoms with Crippen LogP contribution in [0, 0.1) is 5.82 Å². The zero-order valence-corrected chi connectivity index (χ0v) is 11.2. The molecule has 2 rings (SSSR count). The molecule has 0 aliphatic rings. The summed E-state index contributed by atoms with van der Waals surface area (Å²) in [6.45, 7) is 1.96. The van der Waals surface area contributed by atoms with Crippen molar-refractivity contribution >= 4 is 23.1 Å². The number of anilines is 2. The minimum atomic E-state index is -0.438. The van der Waals surface area contributed by atoms with Crippen molar-refractivity contribution in [1.82, 2.24) is 15.0 Å². The molecule has 1 atom stereocenters. The van der Waals surface area contributed by atoms with Gasteiger partial charge >= 0.3 is 0 Å². The first-order valence-corrected chi connectivity index (χ1v) is 6.31. The Labute approximate surface area is 109 Å². The summed E-state index contributed by atoms with van der Waals surface area (Å²) in [5.74, 6) is 0.217. The van der Waals surface area contributed by atoms with Crippen molar-refractivity contribution in [3.05, 3.63) is 28.6 Å². The lowest BCUT2D eigenvalue weighted by molar-refractivity contribution is 0.611. The van der Waals surface area contributed by atoms with E-state index in [2.05, 4.69) is 20.3 Å². The predicted octanol–water partition coefficient (Wildman–Crippen LogP) is 2.31. The third-order valence-electron chi connectivity index (χ3n) is 2.32. The molecule has 7 heteroatoms. The molecular formula is C11H14FN5S. The molecule has 0 amide bonds. The monoisotopic (exact) mass is 267 g/mol. The van der Waals surface area contributed by atoms with Crippen molar-refractivity contribution in [2.24, 2.45) is 0 Å². The maximum atomic E-state index is 13.4. The summed E-state index contributed by atoms with van der Waals surface area (Å²) < 4.78 is 13.4. The number of aromatic nitrogens is 3. The van der Waals surface area contributed by atoms with Gasteiger partial charge in [-0.15, -0.1) is 11.3 Å². The van der Waals surface area contributed by atoms with Crippen molar-refractivity contribution in [2.45, 2.75) is 13.0 Å². The van der Waals surface area contributed by atoms with Crippen LogP contribution in [0.15, 0.2) is 17.8 Å². The molecule has 18 heavy (non-hydrogen) atoms. The van der Waals surface area contributed by atoms with Crippen LogP contribution in [0.1, 0.15) is 18.0 Å². The van der Waals surface area contributed by atoms with Crippen LogP contribution in [0.5, 0.6) is 0 Å². The molecule has 96 valence electrons. The molecular weight excluding hydrogens is 253 g/mol. The van der Waals surface area contributed by atoms with Crippen molar-refractivity contribution in [2.75, 3.05) is 24.3 Å². The second-order valence-electron chi connectivity index (χ2n) is 4.00. The largest absolute Gasteiger partial charge is 0.360 e. The van der Waals surface area contributed by atoms with E-state index in [1.807, 2.05) is 12.3 Å². The number of hydrogen-bond donors (Lipinski definition) is 1. The quantitative estimate of drug-likeness (QED) is 0.921. The highest BCUT2D eigenvalue weighted by Crippen LogP contribution is 2.20. The first-order valence-electron chi connectivity index (χ1n) is 5.43. The van der Waals surface area contributed by atoms with Gasteiger partial charge in [0.15, 0.2) is 11.6 Å². The second-order valence-corrected chi connectivity index (χ2v) is 4.92. The summed E-state index contributed by atoms with van der Waals surface area (Å²) >= 11 is 1.55. The Morgan fingerprint density at radius 3 is 2.78 bits per heavy atom. The SMILES string of the molecule is CC(Nc1ncc(F)c(N(C)C)n1)c1nccs1. The maximum Gasteiger partial charge on any atom is 0.225 e. The van der Waals surface area contributed by atoms with Gasteiger partial charge in [0.1, 0.15) is 5.01 Å². The van der Waals surface area contributed by atoms with Gasteiger partial charge in [-0.2, -0.15) is 4.98 Å². The van der Waals surface area contributed by atoms with Crippen molar-refractivity contribution in [3.8, 4) is 0 Å². The molecule has 0 radical (unpaired) electrons. The van der Waals surface area contributed by atoms with Crippen LogP contribution in [0.3, 0.4) is 0 Å². The number of rotatable bonds is 4. The van der Waals surface area contributed by atoms with Gasteiger partial charge in [-0.05, 0) is 6.92 Å². The molecule has 0 saturated carbocycles. The van der Waals surface area contributed by atoms with E-state index in [9.17, 15) is 4.39 Å². The van der Waals surface area contributed by atoms with E-state index in [1.165, 1.54) is 6.20 Å². The first kappa shape index (κ1) is 12.7. The Kier molecular flexibility index (Phi) is 3.71. The van der Waals surface area contributed by atoms with Crippen LogP contribution in [0.4, 0.5) is 16.2 Å². The molecule has 0 aromatic carbocycles. The highest BCUT2D eigenvalue weighted by molar-refractivity contribution is 7.09. The Morgan fingerprint density at radius 2 is 2.17 bits per heavy atom. The van der Waals surface area contributed by atoms with E-state index in [0.717, 1.165) is 5.01 Å². The number of thiazole rings is 1. The summed E-state index contributed by atoms with van der Waals surface area (Å²) in [6.07, 6.45) is 2.91. The Balaban J connectivity index is 2.17. The molecule has 0 bridgehead atoms. The zero-order chi connectivity index (χ0) is 13.1. The zero-order valence-electron chi connectivity index (χ0n) is 10.4. The highest BCUT2D eigenvalue weighted by atomic mass is 32.1. The summed E-state index contributed by atoms with van der Waals surface area (Å²) in [6, 6.07) is -0.00882. The molecule has 5 nitrogen and oxygen atoms in total. The van der Waals surface area contributed by atoms with Crippen LogP contribution < -0.4 is 10.2 Å². The Hall–Kier alpha value is -1.76. The predicted molar refractivity (Wildman–Crippen MR) is 70.5 cm³/mol. The average molecular weight is 267 g/mol. The molecule has 0 aliphatic carbocycles. The minimum absolute atomic E-state index is 0.00882. The Morgan fingerprint density at radius 1 is 1.39 bits per heavy atom. The van der Waals surface area contributed by atoms with Gasteiger partial charge in [-0.25, -0.2) is 14.4 Å². The van der Waals surface area contributed by atoms with Crippen LogP contribution in [0.2, 0.25) is 0 Å². The Bertz CT molecular complexity index is 514. The van der Waals surface area contributed by atoms with E-state index < -0.39 is 5.82 Å². The topological polar surface area (TPSA) is 53.9 Å². The van der Waals surface area contributed by atoms with E-state index in [1.54, 1.807) is 36.5 Å². The van der Waals surface area contributed by atoms with Gasteiger partial charge in [0.25, 0.3) is 0 Å². The molecule has 0 spiro atoms. The number of hydrogen-bond acceptors (Lipinski definition) is 6. The van der Waals surface area contributed by atoms with Crippen LogP contribution in [-0.4, -0.2) is 29.0 Å². The van der Waals surface area contributed by atoms with Gasteiger partial charge in [0.05, 0.1) is 12.2 Å². The molecule has 0 saturated heterocycles. The molecule has 1 unspecified atom stereocenters. The lowest BCUT2D eigenvalue weighted by atomic mass is 10.3. The standard InChI is InChI=1S/C11H14FN5S/c1-7(10-13-4-5-18-10)15-11-14-6-8(12)9(16-11)17(2)3/h4-7H,1-3H3,(H,14,15,16). The van der Waals surface area contributed by atoms with Crippen LogP contribution >= 0.6 is 11.3 Å². The fourth-order valence-corrected chi connectivity index (χ4v) is 2.09. The lowest BCUT2D eigenvalue weighted by Crippen LogP contribution is -2.16. The second kappa shape index (κ2) is 5.26. The fraction of sp³-hybridized carbons (Fsp3) is 0.364. The van der Waals surface area contributed by atoms with Crippen molar-refractivity contribution in [1.29, 1.82) is 0 Å². The van der Waals surface area contributed by atoms with Crippen molar-refractivity contribution < 1.29 is 4.39 Å². The summed E-state index contributed by atoms with van der Waals surface area (Å²) in [5, 5.41) is 5.95. The van der Waals surface area contributed by atoms with Crippen molar-refractivity contribution in [3.63, 3.8) is 0 Å². The van der Waals surface area contributed by atoms with Gasteiger partial charge in [0, 0.05) is 25.7 Å². The van der Waals surface area contributed by atoms with Gasteiger partial charge in [-0.1, -0.05) is 0 Å². The van der Waals surface area contributed by atoms with E-state index >= 15 is 0 Å². The minimum Gasteiger partial charge on any atom is -0.360 e. The fourth-order valence-electron chi connectivity index (χ4n) is 1.45. The normalized spacial score (nSPS) is 12.2. The first-order chi connectivity index (χ1) is 8.58. The molecule has 0 fully saturated rings. The van der Waals surface area contributed by atoms with Gasteiger partial charge in [0.2, 0.25) is 5.95 Å². The molecule has 2 aromatic rings. The highest BCUT2D eigenvalue weighted by Gasteiger charge is 2.12. The number of nitrogens with one attached hydrogen (secondary N) is 1. The molecule has 2 aromatic heterocycles. The van der Waals surface area contributed by atoms with E-state index in [0.29, 0.717) is 5.95 Å². The van der Waals surface area contributed by atoms with Gasteiger partial charge in [-0.3, -0.25) is 0 Å². The number of nitrogens with zero attached hydrogens (tertiary/aromatic N) is 4. The van der Waals surface area contributed by atoms with E-state index in [4.69, 9.17) is 0 Å². The lowest BCUT2D eigenvalue weighted by Gasteiger charge is -2.15. The van der Waals surface area contributed by atoms with Crippen LogP contribution in [0.25, 0.3) is 0 Å². The summed E-state index contributed by atoms with van der Waals surface area (Å²) in [4.78, 5) is 13.9. The maximum absolute atomic E-state index is 13.4. The average Bonchev–Trinajstić information content (AvgIpc) is 2.85. The third-order valence-corrected chi connectivity index (χ3v) is 3.27. The smallest absolute Gasteiger partial charge is 0.225 e. The molecule has 0 aliphatic heterocycles. The van der Waals surface area contributed by atoms with Gasteiger partial charge < -0.3 is 10.2 Å².